The Hall–Kier alpha value is -2.70. The Balaban J connectivity index is 1.93. The van der Waals surface area contributed by atoms with Crippen LogP contribution in [-0.4, -0.2) is 46.3 Å². The molecule has 1 amide bonds. The van der Waals surface area contributed by atoms with Crippen LogP contribution in [0.4, 0.5) is 0 Å². The lowest BCUT2D eigenvalue weighted by molar-refractivity contribution is -0.149. The van der Waals surface area contributed by atoms with Gasteiger partial charge >= 0.3 is 5.97 Å². The van der Waals surface area contributed by atoms with Crippen molar-refractivity contribution in [1.82, 2.24) is 14.7 Å². The molecule has 7 heteroatoms. The normalized spacial score (nSPS) is 17.5. The van der Waals surface area contributed by atoms with Crippen LogP contribution in [0, 0.1) is 5.92 Å². The number of piperidine rings is 1. The molecule has 1 fully saturated rings. The zero-order valence-electron chi connectivity index (χ0n) is 14.4. The molecule has 1 aliphatic rings. The summed E-state index contributed by atoms with van der Waals surface area (Å²) in [5, 5.41) is 5.18. The fourth-order valence-electron chi connectivity index (χ4n) is 3.22. The summed E-state index contributed by atoms with van der Waals surface area (Å²) in [5.74, 6) is -0.837. The number of aromatic nitrogens is 2. The van der Waals surface area contributed by atoms with Crippen LogP contribution < -0.4 is 5.56 Å². The molecule has 132 valence electrons. The SMILES string of the molecule is CCOC(=O)[C@@H]1CCCN(C(=O)c2nn(C)c(=O)c3ccccc23)C1. The van der Waals surface area contributed by atoms with Crippen molar-refractivity contribution < 1.29 is 14.3 Å². The van der Waals surface area contributed by atoms with Crippen LogP contribution >= 0.6 is 0 Å². The van der Waals surface area contributed by atoms with Gasteiger partial charge in [0.05, 0.1) is 17.9 Å². The van der Waals surface area contributed by atoms with Crippen molar-refractivity contribution in [2.24, 2.45) is 13.0 Å². The Kier molecular flexibility index (Phi) is 4.83. The molecule has 0 N–H and O–H groups in total. The van der Waals surface area contributed by atoms with Gasteiger partial charge in [0.1, 0.15) is 0 Å². The van der Waals surface area contributed by atoms with E-state index in [9.17, 15) is 14.4 Å². The van der Waals surface area contributed by atoms with Gasteiger partial charge in [-0.3, -0.25) is 14.4 Å². The Morgan fingerprint density at radius 1 is 1.28 bits per heavy atom. The van der Waals surface area contributed by atoms with Crippen LogP contribution in [0.5, 0.6) is 0 Å². The van der Waals surface area contributed by atoms with E-state index in [1.54, 1.807) is 36.1 Å². The lowest BCUT2D eigenvalue weighted by Gasteiger charge is -2.31. The summed E-state index contributed by atoms with van der Waals surface area (Å²) in [6, 6.07) is 6.95. The molecule has 0 radical (unpaired) electrons. The van der Waals surface area contributed by atoms with E-state index in [0.717, 1.165) is 6.42 Å². The smallest absolute Gasteiger partial charge is 0.310 e. The number of fused-ring (bicyclic) bond motifs is 1. The Morgan fingerprint density at radius 2 is 2.00 bits per heavy atom. The topological polar surface area (TPSA) is 81.5 Å². The summed E-state index contributed by atoms with van der Waals surface area (Å²) in [4.78, 5) is 38.8. The molecule has 1 saturated heterocycles. The zero-order chi connectivity index (χ0) is 18.0. The molecular weight excluding hydrogens is 322 g/mol. The molecule has 0 aliphatic carbocycles. The molecule has 1 aromatic heterocycles. The predicted molar refractivity (Wildman–Crippen MR) is 92.2 cm³/mol. The van der Waals surface area contributed by atoms with E-state index in [0.29, 0.717) is 36.9 Å². The second kappa shape index (κ2) is 7.04. The van der Waals surface area contributed by atoms with E-state index >= 15 is 0 Å². The number of benzene rings is 1. The first kappa shape index (κ1) is 17.1. The van der Waals surface area contributed by atoms with Crippen molar-refractivity contribution in [3.05, 3.63) is 40.3 Å². The second-order valence-corrected chi connectivity index (χ2v) is 6.17. The number of carbonyl (C=O) groups is 2. The first-order valence-corrected chi connectivity index (χ1v) is 8.45. The average molecular weight is 343 g/mol. The number of aryl methyl sites for hydroxylation is 1. The highest BCUT2D eigenvalue weighted by atomic mass is 16.5. The molecule has 7 nitrogen and oxygen atoms in total. The number of hydrogen-bond acceptors (Lipinski definition) is 5. The minimum absolute atomic E-state index is 0.238. The van der Waals surface area contributed by atoms with Gasteiger partial charge < -0.3 is 9.64 Å². The van der Waals surface area contributed by atoms with Gasteiger partial charge in [-0.25, -0.2) is 4.68 Å². The monoisotopic (exact) mass is 343 g/mol. The lowest BCUT2D eigenvalue weighted by atomic mass is 9.97. The summed E-state index contributed by atoms with van der Waals surface area (Å²) < 4.78 is 6.27. The largest absolute Gasteiger partial charge is 0.466 e. The van der Waals surface area contributed by atoms with E-state index < -0.39 is 0 Å². The van der Waals surface area contributed by atoms with Crippen molar-refractivity contribution in [2.45, 2.75) is 19.8 Å². The summed E-state index contributed by atoms with van der Waals surface area (Å²) in [6.45, 7) is 2.98. The summed E-state index contributed by atoms with van der Waals surface area (Å²) >= 11 is 0. The first-order valence-electron chi connectivity index (χ1n) is 8.45. The molecule has 0 unspecified atom stereocenters. The van der Waals surface area contributed by atoms with E-state index in [1.807, 2.05) is 0 Å². The number of hydrogen-bond donors (Lipinski definition) is 0. The summed E-state index contributed by atoms with van der Waals surface area (Å²) in [7, 11) is 1.53. The van der Waals surface area contributed by atoms with Crippen LogP contribution in [0.2, 0.25) is 0 Å². The van der Waals surface area contributed by atoms with Gasteiger partial charge in [0.2, 0.25) is 0 Å². The van der Waals surface area contributed by atoms with Gasteiger partial charge in [-0.2, -0.15) is 5.10 Å². The molecule has 1 aromatic carbocycles. The maximum absolute atomic E-state index is 13.0. The molecule has 25 heavy (non-hydrogen) atoms. The highest BCUT2D eigenvalue weighted by molar-refractivity contribution is 6.04. The van der Waals surface area contributed by atoms with Gasteiger partial charge in [0.25, 0.3) is 11.5 Å². The Bertz CT molecular complexity index is 874. The molecule has 0 spiro atoms. The number of nitrogens with zero attached hydrogens (tertiary/aromatic N) is 3. The molecule has 1 atom stereocenters. The molecule has 0 saturated carbocycles. The van der Waals surface area contributed by atoms with Crippen LogP contribution in [0.1, 0.15) is 30.3 Å². The second-order valence-electron chi connectivity index (χ2n) is 6.17. The third-order valence-electron chi connectivity index (χ3n) is 4.49. The number of carbonyl (C=O) groups excluding carboxylic acids is 2. The molecule has 0 bridgehead atoms. The standard InChI is InChI=1S/C18H21N3O4/c1-3-25-18(24)12-7-6-10-21(11-12)17(23)15-13-8-4-5-9-14(13)16(22)20(2)19-15/h4-5,8-9,12H,3,6-7,10-11H2,1-2H3/t12-/m1/s1. The maximum atomic E-state index is 13.0. The van der Waals surface area contributed by atoms with Crippen LogP contribution in [-0.2, 0) is 16.6 Å². The summed E-state index contributed by atoms with van der Waals surface area (Å²) in [6.07, 6.45) is 1.45. The van der Waals surface area contributed by atoms with Crippen molar-refractivity contribution in [2.75, 3.05) is 19.7 Å². The van der Waals surface area contributed by atoms with Gasteiger partial charge in [0.15, 0.2) is 5.69 Å². The number of esters is 1. The molecular formula is C18H21N3O4. The fourth-order valence-corrected chi connectivity index (χ4v) is 3.22. The average Bonchev–Trinajstić information content (AvgIpc) is 2.64. The van der Waals surface area contributed by atoms with Crippen LogP contribution in [0.3, 0.4) is 0 Å². The van der Waals surface area contributed by atoms with E-state index in [1.165, 1.54) is 11.7 Å². The highest BCUT2D eigenvalue weighted by Crippen LogP contribution is 2.21. The van der Waals surface area contributed by atoms with Crippen molar-refractivity contribution in [3.63, 3.8) is 0 Å². The quantitative estimate of drug-likeness (QED) is 0.786. The lowest BCUT2D eigenvalue weighted by Crippen LogP contribution is -2.43. The van der Waals surface area contributed by atoms with E-state index in [2.05, 4.69) is 5.10 Å². The fraction of sp³-hybridized carbons (Fsp3) is 0.444. The van der Waals surface area contributed by atoms with Crippen LogP contribution in [0.15, 0.2) is 29.1 Å². The molecule has 3 rings (SSSR count). The van der Waals surface area contributed by atoms with Gasteiger partial charge in [-0.15, -0.1) is 0 Å². The summed E-state index contributed by atoms with van der Waals surface area (Å²) in [5.41, 5.74) is -0.00240. The van der Waals surface area contributed by atoms with Gasteiger partial charge in [0, 0.05) is 25.5 Å². The van der Waals surface area contributed by atoms with Crippen molar-refractivity contribution in [3.8, 4) is 0 Å². The third kappa shape index (κ3) is 3.26. The number of likely N-dealkylation sites (tertiary alicyclic amines) is 1. The zero-order valence-corrected chi connectivity index (χ0v) is 14.4. The van der Waals surface area contributed by atoms with Gasteiger partial charge in [-0.05, 0) is 25.8 Å². The van der Waals surface area contributed by atoms with E-state index in [4.69, 9.17) is 4.74 Å². The Morgan fingerprint density at radius 3 is 2.72 bits per heavy atom. The first-order chi connectivity index (χ1) is 12.0. The molecule has 1 aliphatic heterocycles. The number of rotatable bonds is 3. The van der Waals surface area contributed by atoms with Crippen LogP contribution in [0.25, 0.3) is 10.8 Å². The Labute approximate surface area is 145 Å². The van der Waals surface area contributed by atoms with Crippen molar-refractivity contribution >= 4 is 22.6 Å². The maximum Gasteiger partial charge on any atom is 0.310 e. The number of ether oxygens (including phenoxy) is 1. The molecule has 2 heterocycles. The minimum atomic E-state index is -0.309. The predicted octanol–water partition coefficient (Wildman–Crippen LogP) is 1.35. The molecule has 2 aromatic rings. The third-order valence-corrected chi connectivity index (χ3v) is 4.49. The van der Waals surface area contributed by atoms with Gasteiger partial charge in [-0.1, -0.05) is 18.2 Å². The highest BCUT2D eigenvalue weighted by Gasteiger charge is 2.31. The van der Waals surface area contributed by atoms with E-state index in [-0.39, 0.29) is 29.0 Å². The minimum Gasteiger partial charge on any atom is -0.466 e. The van der Waals surface area contributed by atoms with Crippen molar-refractivity contribution in [1.29, 1.82) is 0 Å². The number of amides is 1.